The second-order valence-corrected chi connectivity index (χ2v) is 7.47. The minimum Gasteiger partial charge on any atom is -0.378 e. The number of rotatable bonds is 4. The monoisotopic (exact) mass is 404 g/mol. The van der Waals surface area contributed by atoms with Gasteiger partial charge >= 0.3 is 6.55 Å². The summed E-state index contributed by atoms with van der Waals surface area (Å²) in [7, 11) is 0. The molecule has 0 fully saturated rings. The predicted octanol–water partition coefficient (Wildman–Crippen LogP) is 5.10. The lowest BCUT2D eigenvalue weighted by Gasteiger charge is -2.16. The topological polar surface area (TPSA) is 82.3 Å². The zero-order valence-corrected chi connectivity index (χ0v) is 16.2. The van der Waals surface area contributed by atoms with Crippen molar-refractivity contribution in [3.63, 3.8) is 0 Å². The summed E-state index contributed by atoms with van der Waals surface area (Å²) in [6, 6.07) is 12.2. The largest absolute Gasteiger partial charge is 0.378 e. The van der Waals surface area contributed by atoms with E-state index in [4.69, 9.17) is 0 Å². The van der Waals surface area contributed by atoms with Crippen LogP contribution in [0.15, 0.2) is 42.7 Å². The van der Waals surface area contributed by atoms with Crippen LogP contribution in [0.25, 0.3) is 22.2 Å². The van der Waals surface area contributed by atoms with Crippen molar-refractivity contribution in [1.82, 2.24) is 20.0 Å². The van der Waals surface area contributed by atoms with Crippen LogP contribution in [-0.4, -0.2) is 20.0 Å². The van der Waals surface area contributed by atoms with Crippen LogP contribution in [0.3, 0.4) is 0 Å². The van der Waals surface area contributed by atoms with E-state index in [1.807, 2.05) is 37.3 Å². The van der Waals surface area contributed by atoms with Crippen molar-refractivity contribution in [2.45, 2.75) is 32.4 Å². The molecule has 0 unspecified atom stereocenters. The fourth-order valence-electron chi connectivity index (χ4n) is 4.24. The third-order valence-corrected chi connectivity index (χ3v) is 5.79. The molecule has 1 aliphatic rings. The summed E-state index contributed by atoms with van der Waals surface area (Å²) in [4.78, 5) is 0. The van der Waals surface area contributed by atoms with Gasteiger partial charge in [0.05, 0.1) is 29.4 Å². The number of H-pyrrole nitrogens is 1. The highest BCUT2D eigenvalue weighted by molar-refractivity contribution is 5.94. The summed E-state index contributed by atoms with van der Waals surface area (Å²) in [5.74, 6) is 0. The molecule has 0 bridgehead atoms. The summed E-state index contributed by atoms with van der Waals surface area (Å²) in [6.45, 7) is -0.683. The summed E-state index contributed by atoms with van der Waals surface area (Å²) in [5, 5.41) is 24.6. The standard InChI is InChI=1S/C22H18F2N6/c1-12-13(9-25)2-4-17-16(12)5-7-19(17)27-15-3-6-20-18(8-15)21(29-28-20)14-10-26-30(11-14)22(23)24/h2-4,6,8,10-11,19,22,27H,5,7H2,1H3,(H,28,29)/t19-/m1/s1. The number of nitrogens with zero attached hydrogens (tertiary/aromatic N) is 4. The fraction of sp³-hybridized carbons (Fsp3) is 0.227. The SMILES string of the molecule is Cc1c(C#N)ccc2c1CC[C@H]2Nc1ccc2[nH]nc(-c3cnn(C(F)F)c3)c2c1. The minimum absolute atomic E-state index is 0.154. The Labute approximate surface area is 171 Å². The van der Waals surface area contributed by atoms with Gasteiger partial charge in [-0.1, -0.05) is 6.07 Å². The molecule has 0 radical (unpaired) electrons. The first-order chi connectivity index (χ1) is 14.5. The quantitative estimate of drug-likeness (QED) is 0.496. The lowest BCUT2D eigenvalue weighted by Crippen LogP contribution is -2.07. The number of hydrogen-bond donors (Lipinski definition) is 2. The van der Waals surface area contributed by atoms with E-state index in [0.29, 0.717) is 15.9 Å². The normalized spacial score (nSPS) is 15.5. The van der Waals surface area contributed by atoms with Gasteiger partial charge in [0.1, 0.15) is 5.69 Å². The smallest absolute Gasteiger partial charge is 0.333 e. The second kappa shape index (κ2) is 6.95. The first-order valence-electron chi connectivity index (χ1n) is 9.65. The third kappa shape index (κ3) is 2.90. The van der Waals surface area contributed by atoms with E-state index < -0.39 is 6.55 Å². The van der Waals surface area contributed by atoms with Crippen molar-refractivity contribution in [2.75, 3.05) is 5.32 Å². The zero-order chi connectivity index (χ0) is 20.8. The number of aromatic nitrogens is 4. The number of anilines is 1. The van der Waals surface area contributed by atoms with Gasteiger partial charge in [-0.05, 0) is 60.7 Å². The number of hydrogen-bond acceptors (Lipinski definition) is 4. The number of aromatic amines is 1. The molecule has 0 saturated carbocycles. The highest BCUT2D eigenvalue weighted by Crippen LogP contribution is 2.37. The molecule has 2 aromatic heterocycles. The molecule has 8 heteroatoms. The average molecular weight is 404 g/mol. The van der Waals surface area contributed by atoms with Crippen molar-refractivity contribution in [2.24, 2.45) is 0 Å². The van der Waals surface area contributed by atoms with E-state index in [-0.39, 0.29) is 6.04 Å². The van der Waals surface area contributed by atoms with Gasteiger partial charge < -0.3 is 5.32 Å². The summed E-state index contributed by atoms with van der Waals surface area (Å²) >= 11 is 0. The molecule has 0 saturated heterocycles. The number of fused-ring (bicyclic) bond motifs is 2. The lowest BCUT2D eigenvalue weighted by molar-refractivity contribution is 0.0566. The van der Waals surface area contributed by atoms with Gasteiger partial charge in [-0.2, -0.15) is 24.2 Å². The Hall–Kier alpha value is -3.73. The maximum absolute atomic E-state index is 12.9. The van der Waals surface area contributed by atoms with Crippen LogP contribution in [0.5, 0.6) is 0 Å². The first-order valence-corrected chi connectivity index (χ1v) is 9.65. The number of benzene rings is 2. The predicted molar refractivity (Wildman–Crippen MR) is 109 cm³/mol. The fourth-order valence-corrected chi connectivity index (χ4v) is 4.24. The van der Waals surface area contributed by atoms with Crippen LogP contribution in [0.4, 0.5) is 14.5 Å². The van der Waals surface area contributed by atoms with Crippen LogP contribution in [0.1, 0.15) is 41.3 Å². The molecule has 6 nitrogen and oxygen atoms in total. The number of nitriles is 1. The molecule has 2 aromatic carbocycles. The second-order valence-electron chi connectivity index (χ2n) is 7.47. The highest BCUT2D eigenvalue weighted by Gasteiger charge is 2.25. The van der Waals surface area contributed by atoms with E-state index in [2.05, 4.69) is 26.7 Å². The Morgan fingerprint density at radius 2 is 2.17 bits per heavy atom. The molecule has 0 amide bonds. The van der Waals surface area contributed by atoms with Crippen molar-refractivity contribution in [3.8, 4) is 17.3 Å². The van der Waals surface area contributed by atoms with Crippen LogP contribution >= 0.6 is 0 Å². The van der Waals surface area contributed by atoms with E-state index in [0.717, 1.165) is 40.6 Å². The molecule has 0 aliphatic heterocycles. The lowest BCUT2D eigenvalue weighted by atomic mass is 9.98. The Balaban J connectivity index is 1.47. The van der Waals surface area contributed by atoms with Gasteiger partial charge in [-0.25, -0.2) is 4.68 Å². The Morgan fingerprint density at radius 1 is 1.30 bits per heavy atom. The Bertz CT molecular complexity index is 1300. The van der Waals surface area contributed by atoms with Crippen LogP contribution < -0.4 is 5.32 Å². The molecule has 5 rings (SSSR count). The molecule has 2 heterocycles. The van der Waals surface area contributed by atoms with Crippen LogP contribution in [0, 0.1) is 18.3 Å². The molecular weight excluding hydrogens is 386 g/mol. The molecule has 1 aliphatic carbocycles. The molecule has 4 aromatic rings. The average Bonchev–Trinajstić information content (AvgIpc) is 3.46. The van der Waals surface area contributed by atoms with Crippen molar-refractivity contribution in [3.05, 3.63) is 65.0 Å². The molecule has 2 N–H and O–H groups in total. The molecule has 150 valence electrons. The van der Waals surface area contributed by atoms with Gasteiger partial charge in [-0.15, -0.1) is 0 Å². The number of alkyl halides is 2. The number of nitrogens with one attached hydrogen (secondary N) is 2. The van der Waals surface area contributed by atoms with E-state index in [9.17, 15) is 14.0 Å². The van der Waals surface area contributed by atoms with Crippen LogP contribution in [0.2, 0.25) is 0 Å². The Morgan fingerprint density at radius 3 is 2.93 bits per heavy atom. The molecule has 0 spiro atoms. The number of halogens is 2. The van der Waals surface area contributed by atoms with Gasteiger partial charge in [0, 0.05) is 22.8 Å². The maximum atomic E-state index is 12.9. The van der Waals surface area contributed by atoms with Crippen molar-refractivity contribution in [1.29, 1.82) is 5.26 Å². The van der Waals surface area contributed by atoms with Gasteiger partial charge in [-0.3, -0.25) is 5.10 Å². The van der Waals surface area contributed by atoms with Gasteiger partial charge in [0.2, 0.25) is 0 Å². The Kier molecular flexibility index (Phi) is 4.24. The highest BCUT2D eigenvalue weighted by atomic mass is 19.3. The first kappa shape index (κ1) is 18.3. The van der Waals surface area contributed by atoms with Crippen molar-refractivity contribution < 1.29 is 8.78 Å². The van der Waals surface area contributed by atoms with Gasteiger partial charge in [0.15, 0.2) is 0 Å². The maximum Gasteiger partial charge on any atom is 0.333 e. The summed E-state index contributed by atoms with van der Waals surface area (Å²) < 4.78 is 26.4. The minimum atomic E-state index is -2.69. The van der Waals surface area contributed by atoms with Crippen LogP contribution in [-0.2, 0) is 6.42 Å². The van der Waals surface area contributed by atoms with E-state index in [1.165, 1.54) is 23.5 Å². The molecular formula is C22H18F2N6. The molecule has 30 heavy (non-hydrogen) atoms. The van der Waals surface area contributed by atoms with E-state index >= 15 is 0 Å². The third-order valence-electron chi connectivity index (χ3n) is 5.79. The van der Waals surface area contributed by atoms with Crippen molar-refractivity contribution >= 4 is 16.6 Å². The van der Waals surface area contributed by atoms with Gasteiger partial charge in [0.25, 0.3) is 0 Å². The van der Waals surface area contributed by atoms with E-state index in [1.54, 1.807) is 0 Å². The summed E-state index contributed by atoms with van der Waals surface area (Å²) in [6.07, 6.45) is 4.57. The zero-order valence-electron chi connectivity index (χ0n) is 16.2. The molecule has 1 atom stereocenters. The summed E-state index contributed by atoms with van der Waals surface area (Å²) in [5.41, 5.74) is 7.11.